The van der Waals surface area contributed by atoms with E-state index < -0.39 is 6.29 Å². The SMILES string of the molecule is CCOC(CCCC(OCC)OCC)CC(OCC)C(OCC)C(OCC)OCC. The molecule has 3 unspecified atom stereocenters. The lowest BCUT2D eigenvalue weighted by molar-refractivity contribution is -0.234. The van der Waals surface area contributed by atoms with E-state index in [1.807, 2.05) is 48.5 Å². The maximum absolute atomic E-state index is 6.10. The second-order valence-corrected chi connectivity index (χ2v) is 6.78. The van der Waals surface area contributed by atoms with Crippen molar-refractivity contribution in [2.75, 3.05) is 46.2 Å². The largest absolute Gasteiger partial charge is 0.378 e. The third kappa shape index (κ3) is 13.2. The second kappa shape index (κ2) is 20.6. The average Bonchev–Trinajstić information content (AvgIpc) is 2.72. The average molecular weight is 437 g/mol. The van der Waals surface area contributed by atoms with Crippen molar-refractivity contribution >= 4 is 0 Å². The van der Waals surface area contributed by atoms with Gasteiger partial charge in [0.25, 0.3) is 0 Å². The fourth-order valence-corrected chi connectivity index (χ4v) is 3.49. The van der Waals surface area contributed by atoms with Crippen LogP contribution < -0.4 is 0 Å². The van der Waals surface area contributed by atoms with Gasteiger partial charge in [0.2, 0.25) is 0 Å². The Morgan fingerprint density at radius 3 is 1.47 bits per heavy atom. The Kier molecular flexibility index (Phi) is 20.4. The lowest BCUT2D eigenvalue weighted by atomic mass is 10.0. The molecule has 0 aromatic heterocycles. The van der Waals surface area contributed by atoms with Gasteiger partial charge in [0.1, 0.15) is 6.10 Å². The van der Waals surface area contributed by atoms with E-state index in [-0.39, 0.29) is 24.6 Å². The number of hydrogen-bond donors (Lipinski definition) is 0. The molecule has 0 fully saturated rings. The predicted octanol–water partition coefficient (Wildman–Crippen LogP) is 4.56. The van der Waals surface area contributed by atoms with Crippen LogP contribution in [0.5, 0.6) is 0 Å². The summed E-state index contributed by atoms with van der Waals surface area (Å²) in [5.74, 6) is 0. The maximum Gasteiger partial charge on any atom is 0.186 e. The summed E-state index contributed by atoms with van der Waals surface area (Å²) >= 11 is 0. The molecule has 0 N–H and O–H groups in total. The third-order valence-corrected chi connectivity index (χ3v) is 4.61. The molecule has 0 spiro atoms. The normalized spacial score (nSPS) is 15.1. The maximum atomic E-state index is 6.10. The van der Waals surface area contributed by atoms with E-state index in [4.69, 9.17) is 33.2 Å². The monoisotopic (exact) mass is 436 g/mol. The highest BCUT2D eigenvalue weighted by Crippen LogP contribution is 2.22. The van der Waals surface area contributed by atoms with Gasteiger partial charge in [0, 0.05) is 52.7 Å². The molecule has 0 heterocycles. The van der Waals surface area contributed by atoms with Crippen molar-refractivity contribution in [1.82, 2.24) is 0 Å². The van der Waals surface area contributed by atoms with Crippen LogP contribution >= 0.6 is 0 Å². The lowest BCUT2D eigenvalue weighted by Crippen LogP contribution is -2.46. The molecule has 0 aliphatic rings. The molecule has 182 valence electrons. The fraction of sp³-hybridized carbons (Fsp3) is 1.00. The predicted molar refractivity (Wildman–Crippen MR) is 119 cm³/mol. The molecule has 0 aliphatic heterocycles. The standard InChI is InChI=1S/C23H48O7/c1-8-24-19(16-15-17-21(26-10-3)27-11-4)18-20(25-9-2)22(28-12-5)23(29-13-6)30-14-7/h19-23H,8-18H2,1-7H3. The summed E-state index contributed by atoms with van der Waals surface area (Å²) in [7, 11) is 0. The van der Waals surface area contributed by atoms with Crippen LogP contribution in [0.3, 0.4) is 0 Å². The van der Waals surface area contributed by atoms with Crippen LogP contribution in [-0.2, 0) is 33.2 Å². The Labute approximate surface area is 185 Å². The van der Waals surface area contributed by atoms with Crippen LogP contribution in [0, 0.1) is 0 Å². The molecule has 0 saturated carbocycles. The summed E-state index contributed by atoms with van der Waals surface area (Å²) < 4.78 is 41.2. The van der Waals surface area contributed by atoms with Gasteiger partial charge in [-0.1, -0.05) is 0 Å². The Hall–Kier alpha value is -0.280. The summed E-state index contributed by atoms with van der Waals surface area (Å²) in [5, 5.41) is 0. The number of rotatable bonds is 22. The summed E-state index contributed by atoms with van der Waals surface area (Å²) in [4.78, 5) is 0. The minimum absolute atomic E-state index is 0.0577. The summed E-state index contributed by atoms with van der Waals surface area (Å²) in [6.45, 7) is 18.1. The Balaban J connectivity index is 5.10. The summed E-state index contributed by atoms with van der Waals surface area (Å²) in [5.41, 5.74) is 0. The molecule has 0 aromatic rings. The van der Waals surface area contributed by atoms with E-state index in [1.54, 1.807) is 0 Å². The topological polar surface area (TPSA) is 64.6 Å². The molecule has 3 atom stereocenters. The Morgan fingerprint density at radius 2 is 1.00 bits per heavy atom. The van der Waals surface area contributed by atoms with E-state index in [0.717, 1.165) is 25.7 Å². The number of ether oxygens (including phenoxy) is 7. The first-order chi connectivity index (χ1) is 14.6. The van der Waals surface area contributed by atoms with Crippen molar-refractivity contribution in [2.24, 2.45) is 0 Å². The van der Waals surface area contributed by atoms with Crippen LogP contribution in [0.15, 0.2) is 0 Å². The van der Waals surface area contributed by atoms with E-state index in [2.05, 4.69) is 0 Å². The van der Waals surface area contributed by atoms with Crippen molar-refractivity contribution < 1.29 is 33.2 Å². The lowest BCUT2D eigenvalue weighted by Gasteiger charge is -2.34. The molecule has 0 aromatic carbocycles. The van der Waals surface area contributed by atoms with Gasteiger partial charge in [-0.15, -0.1) is 0 Å². The van der Waals surface area contributed by atoms with Gasteiger partial charge in [0.05, 0.1) is 12.2 Å². The fourth-order valence-electron chi connectivity index (χ4n) is 3.49. The molecule has 30 heavy (non-hydrogen) atoms. The van der Waals surface area contributed by atoms with Gasteiger partial charge in [-0.2, -0.15) is 0 Å². The van der Waals surface area contributed by atoms with Crippen molar-refractivity contribution in [3.05, 3.63) is 0 Å². The second-order valence-electron chi connectivity index (χ2n) is 6.78. The first-order valence-electron chi connectivity index (χ1n) is 11.9. The molecular formula is C23H48O7. The highest BCUT2D eigenvalue weighted by molar-refractivity contribution is 4.79. The zero-order valence-corrected chi connectivity index (χ0v) is 20.5. The van der Waals surface area contributed by atoms with Crippen LogP contribution in [0.4, 0.5) is 0 Å². The Morgan fingerprint density at radius 1 is 0.500 bits per heavy atom. The molecule has 0 rings (SSSR count). The third-order valence-electron chi connectivity index (χ3n) is 4.61. The van der Waals surface area contributed by atoms with Crippen LogP contribution in [0.1, 0.15) is 74.1 Å². The molecule has 0 aliphatic carbocycles. The molecule has 7 nitrogen and oxygen atoms in total. The van der Waals surface area contributed by atoms with Crippen molar-refractivity contribution in [3.63, 3.8) is 0 Å². The quantitative estimate of drug-likeness (QED) is 0.231. The van der Waals surface area contributed by atoms with E-state index in [9.17, 15) is 0 Å². The minimum Gasteiger partial charge on any atom is -0.378 e. The van der Waals surface area contributed by atoms with Gasteiger partial charge in [0.15, 0.2) is 12.6 Å². The number of hydrogen-bond acceptors (Lipinski definition) is 7. The highest BCUT2D eigenvalue weighted by Gasteiger charge is 2.34. The molecule has 7 heteroatoms. The van der Waals surface area contributed by atoms with Crippen molar-refractivity contribution in [1.29, 1.82) is 0 Å². The zero-order valence-electron chi connectivity index (χ0n) is 20.5. The summed E-state index contributed by atoms with van der Waals surface area (Å²) in [6, 6.07) is 0. The van der Waals surface area contributed by atoms with Gasteiger partial charge in [-0.05, 0) is 67.7 Å². The molecule has 0 amide bonds. The molecule has 0 bridgehead atoms. The first kappa shape index (κ1) is 29.7. The molecular weight excluding hydrogens is 388 g/mol. The Bertz CT molecular complexity index is 344. The van der Waals surface area contributed by atoms with E-state index >= 15 is 0 Å². The van der Waals surface area contributed by atoms with Gasteiger partial charge in [-0.3, -0.25) is 0 Å². The van der Waals surface area contributed by atoms with E-state index in [0.29, 0.717) is 46.2 Å². The van der Waals surface area contributed by atoms with Crippen molar-refractivity contribution in [3.8, 4) is 0 Å². The van der Waals surface area contributed by atoms with Gasteiger partial charge >= 0.3 is 0 Å². The molecule has 0 radical (unpaired) electrons. The van der Waals surface area contributed by atoms with Crippen LogP contribution in [0.2, 0.25) is 0 Å². The minimum atomic E-state index is -0.459. The zero-order chi connectivity index (χ0) is 22.6. The first-order valence-corrected chi connectivity index (χ1v) is 11.9. The molecule has 0 saturated heterocycles. The van der Waals surface area contributed by atoms with Crippen molar-refractivity contribution in [2.45, 2.75) is 105 Å². The smallest absolute Gasteiger partial charge is 0.186 e. The van der Waals surface area contributed by atoms with Gasteiger partial charge in [-0.25, -0.2) is 0 Å². The highest BCUT2D eigenvalue weighted by atomic mass is 16.7. The van der Waals surface area contributed by atoms with Crippen LogP contribution in [-0.4, -0.2) is 77.1 Å². The van der Waals surface area contributed by atoms with Gasteiger partial charge < -0.3 is 33.2 Å². The summed E-state index contributed by atoms with van der Waals surface area (Å²) in [6.07, 6.45) is 2.38. The van der Waals surface area contributed by atoms with E-state index in [1.165, 1.54) is 0 Å². The van der Waals surface area contributed by atoms with Crippen LogP contribution in [0.25, 0.3) is 0 Å².